The summed E-state index contributed by atoms with van der Waals surface area (Å²) in [6, 6.07) is 0. The Hall–Kier alpha value is -1.15. The van der Waals surface area contributed by atoms with Crippen LogP contribution in [0, 0.1) is 5.92 Å². The smallest absolute Gasteiger partial charge is 0.391 e. The minimum absolute atomic E-state index is 0.0928. The highest BCUT2D eigenvalue weighted by molar-refractivity contribution is 4.76. The molecule has 0 bridgehead atoms. The van der Waals surface area contributed by atoms with Crippen molar-refractivity contribution in [1.82, 2.24) is 19.9 Å². The molecular weight excluding hydrogens is 273 g/mol. The third-order valence-corrected chi connectivity index (χ3v) is 3.56. The second-order valence-electron chi connectivity index (χ2n) is 5.34. The predicted molar refractivity (Wildman–Crippen MR) is 65.9 cm³/mol. The average molecular weight is 292 g/mol. The van der Waals surface area contributed by atoms with Crippen LogP contribution < -0.4 is 0 Å². The number of alkyl halides is 3. The maximum absolute atomic E-state index is 12.1. The quantitative estimate of drug-likeness (QED) is 0.889. The average Bonchev–Trinajstić information content (AvgIpc) is 2.82. The van der Waals surface area contributed by atoms with E-state index in [0.717, 1.165) is 19.4 Å². The lowest BCUT2D eigenvalue weighted by atomic mass is 9.96. The molecule has 114 valence electrons. The molecule has 0 saturated carbocycles. The van der Waals surface area contributed by atoms with Crippen LogP contribution in [0.15, 0.2) is 12.4 Å². The molecule has 2 rings (SSSR count). The number of halogens is 3. The monoisotopic (exact) mass is 292 g/mol. The summed E-state index contributed by atoms with van der Waals surface area (Å²) < 4.78 is 38.2. The van der Waals surface area contributed by atoms with Crippen molar-refractivity contribution < 1.29 is 18.3 Å². The summed E-state index contributed by atoms with van der Waals surface area (Å²) >= 11 is 0. The van der Waals surface area contributed by atoms with Crippen molar-refractivity contribution in [3.8, 4) is 0 Å². The Morgan fingerprint density at radius 2 is 2.00 bits per heavy atom. The van der Waals surface area contributed by atoms with Crippen LogP contribution >= 0.6 is 0 Å². The van der Waals surface area contributed by atoms with Gasteiger partial charge in [-0.25, -0.2) is 0 Å². The second-order valence-corrected chi connectivity index (χ2v) is 5.34. The maximum Gasteiger partial charge on any atom is 0.391 e. The summed E-state index contributed by atoms with van der Waals surface area (Å²) in [5.41, 5.74) is 0. The van der Waals surface area contributed by atoms with E-state index in [1.807, 2.05) is 4.90 Å². The topological polar surface area (TPSA) is 54.2 Å². The summed E-state index contributed by atoms with van der Waals surface area (Å²) in [6.07, 6.45) is -1.53. The number of aromatic nitrogens is 3. The molecule has 5 nitrogen and oxygen atoms in total. The summed E-state index contributed by atoms with van der Waals surface area (Å²) in [7, 11) is 0. The number of likely N-dealkylation sites (tertiary alicyclic amines) is 1. The van der Waals surface area contributed by atoms with Gasteiger partial charge in [0.2, 0.25) is 0 Å². The minimum Gasteiger partial charge on any atom is -0.391 e. The van der Waals surface area contributed by atoms with Crippen LogP contribution in [-0.4, -0.2) is 56.9 Å². The fourth-order valence-corrected chi connectivity index (χ4v) is 2.58. The van der Waals surface area contributed by atoms with E-state index in [9.17, 15) is 18.3 Å². The lowest BCUT2D eigenvalue weighted by molar-refractivity contribution is -0.155. The number of nitrogens with zero attached hydrogens (tertiary/aromatic N) is 4. The molecule has 0 radical (unpaired) electrons. The van der Waals surface area contributed by atoms with Gasteiger partial charge in [-0.3, -0.25) is 4.68 Å². The summed E-state index contributed by atoms with van der Waals surface area (Å²) in [5, 5.41) is 17.1. The van der Waals surface area contributed by atoms with Crippen LogP contribution in [0.5, 0.6) is 0 Å². The Labute approximate surface area is 115 Å². The summed E-state index contributed by atoms with van der Waals surface area (Å²) in [6.45, 7) is 2.32. The van der Waals surface area contributed by atoms with Crippen molar-refractivity contribution in [3.05, 3.63) is 12.4 Å². The van der Waals surface area contributed by atoms with Crippen LogP contribution in [0.2, 0.25) is 0 Å². The minimum atomic E-state index is -4.30. The summed E-state index contributed by atoms with van der Waals surface area (Å²) in [4.78, 5) is 1.90. The van der Waals surface area contributed by atoms with E-state index < -0.39 is 18.7 Å². The predicted octanol–water partition coefficient (Wildman–Crippen LogP) is 1.30. The van der Waals surface area contributed by atoms with Crippen LogP contribution in [0.4, 0.5) is 13.2 Å². The third kappa shape index (κ3) is 5.09. The number of aliphatic hydroxyl groups excluding tert-OH is 1. The van der Waals surface area contributed by atoms with Gasteiger partial charge in [-0.2, -0.15) is 13.2 Å². The first-order chi connectivity index (χ1) is 9.42. The standard InChI is InChI=1S/C12H19F3N4O/c13-12(14,15)7-11(20)9-18-4-1-10(2-5-18)8-19-6-3-16-17-19/h3,6,10-11,20H,1-2,4-5,7-9H2/t11-/m1/s1. The second kappa shape index (κ2) is 6.53. The zero-order chi connectivity index (χ0) is 14.6. The molecule has 20 heavy (non-hydrogen) atoms. The van der Waals surface area contributed by atoms with Gasteiger partial charge in [0.15, 0.2) is 0 Å². The van der Waals surface area contributed by atoms with Crippen LogP contribution in [0.25, 0.3) is 0 Å². The van der Waals surface area contributed by atoms with Gasteiger partial charge >= 0.3 is 6.18 Å². The molecular formula is C12H19F3N4O. The number of β-amino-alcohol motifs (C(OH)–C–C–N with tert-alkyl or cyclic N) is 1. The van der Waals surface area contributed by atoms with Gasteiger partial charge in [-0.15, -0.1) is 5.10 Å². The maximum atomic E-state index is 12.1. The first-order valence-corrected chi connectivity index (χ1v) is 6.73. The molecule has 0 amide bonds. The van der Waals surface area contributed by atoms with Gasteiger partial charge in [-0.05, 0) is 31.8 Å². The fraction of sp³-hybridized carbons (Fsp3) is 0.833. The van der Waals surface area contributed by atoms with E-state index in [0.29, 0.717) is 19.0 Å². The lowest BCUT2D eigenvalue weighted by Gasteiger charge is -2.33. The van der Waals surface area contributed by atoms with Crippen molar-refractivity contribution in [2.45, 2.75) is 38.1 Å². The number of rotatable bonds is 5. The van der Waals surface area contributed by atoms with Gasteiger partial charge in [0.1, 0.15) is 0 Å². The first kappa shape index (κ1) is 15.2. The molecule has 1 N–H and O–H groups in total. The molecule has 1 atom stereocenters. The van der Waals surface area contributed by atoms with Gasteiger partial charge in [0, 0.05) is 19.3 Å². The molecule has 1 aromatic heterocycles. The van der Waals surface area contributed by atoms with Crippen molar-refractivity contribution >= 4 is 0 Å². The van der Waals surface area contributed by atoms with Crippen LogP contribution in [0.3, 0.4) is 0 Å². The van der Waals surface area contributed by atoms with Gasteiger partial charge in [0.25, 0.3) is 0 Å². The number of hydrogen-bond acceptors (Lipinski definition) is 4. The molecule has 1 aliphatic heterocycles. The Kier molecular flexibility index (Phi) is 4.98. The molecule has 8 heteroatoms. The Morgan fingerprint density at radius 1 is 1.30 bits per heavy atom. The van der Waals surface area contributed by atoms with Gasteiger partial charge < -0.3 is 10.0 Å². The highest BCUT2D eigenvalue weighted by Gasteiger charge is 2.32. The van der Waals surface area contributed by atoms with Crippen molar-refractivity contribution in [3.63, 3.8) is 0 Å². The van der Waals surface area contributed by atoms with Gasteiger partial charge in [-0.1, -0.05) is 5.21 Å². The van der Waals surface area contributed by atoms with Crippen molar-refractivity contribution in [2.24, 2.45) is 5.92 Å². The molecule has 1 saturated heterocycles. The molecule has 0 aromatic carbocycles. The molecule has 0 aliphatic carbocycles. The third-order valence-electron chi connectivity index (χ3n) is 3.56. The highest BCUT2D eigenvalue weighted by atomic mass is 19.4. The Balaban J connectivity index is 1.69. The van der Waals surface area contributed by atoms with E-state index in [-0.39, 0.29) is 6.54 Å². The SMILES string of the molecule is O[C@@H](CN1CCC(Cn2ccnn2)CC1)CC(F)(F)F. The zero-order valence-electron chi connectivity index (χ0n) is 11.1. The highest BCUT2D eigenvalue weighted by Crippen LogP contribution is 2.23. The molecule has 1 aliphatic rings. The van der Waals surface area contributed by atoms with Gasteiger partial charge in [0.05, 0.1) is 18.7 Å². The fourth-order valence-electron chi connectivity index (χ4n) is 2.58. The molecule has 0 spiro atoms. The van der Waals surface area contributed by atoms with Crippen molar-refractivity contribution in [2.75, 3.05) is 19.6 Å². The molecule has 1 fully saturated rings. The first-order valence-electron chi connectivity index (χ1n) is 6.73. The number of aliphatic hydroxyl groups is 1. The molecule has 0 unspecified atom stereocenters. The Bertz CT molecular complexity index is 388. The Morgan fingerprint density at radius 3 is 2.55 bits per heavy atom. The lowest BCUT2D eigenvalue weighted by Crippen LogP contribution is -2.40. The van der Waals surface area contributed by atoms with E-state index >= 15 is 0 Å². The summed E-state index contributed by atoms with van der Waals surface area (Å²) in [5.74, 6) is 0.465. The zero-order valence-corrected chi connectivity index (χ0v) is 11.1. The molecule has 2 heterocycles. The van der Waals surface area contributed by atoms with E-state index in [1.165, 1.54) is 0 Å². The largest absolute Gasteiger partial charge is 0.391 e. The number of hydrogen-bond donors (Lipinski definition) is 1. The van der Waals surface area contributed by atoms with Crippen molar-refractivity contribution in [1.29, 1.82) is 0 Å². The van der Waals surface area contributed by atoms with E-state index in [2.05, 4.69) is 10.3 Å². The van der Waals surface area contributed by atoms with E-state index in [4.69, 9.17) is 0 Å². The van der Waals surface area contributed by atoms with Crippen LogP contribution in [-0.2, 0) is 6.54 Å². The van der Waals surface area contributed by atoms with E-state index in [1.54, 1.807) is 17.1 Å². The molecule has 1 aromatic rings. The number of piperidine rings is 1. The normalized spacial score (nSPS) is 20.2. The van der Waals surface area contributed by atoms with Crippen LogP contribution in [0.1, 0.15) is 19.3 Å².